The molecule has 0 atom stereocenters. The Labute approximate surface area is 135 Å². The van der Waals surface area contributed by atoms with Gasteiger partial charge in [-0.25, -0.2) is 17.7 Å². The molecule has 2 heterocycles. The number of thiazole rings is 1. The number of fused-ring (bicyclic) bond motifs is 1. The maximum absolute atomic E-state index is 11.7. The molecule has 0 spiro atoms. The number of anilines is 1. The van der Waals surface area contributed by atoms with Crippen LogP contribution in [0.25, 0.3) is 10.2 Å². The van der Waals surface area contributed by atoms with E-state index in [1.54, 1.807) is 15.6 Å². The zero-order valence-corrected chi connectivity index (χ0v) is 14.8. The van der Waals surface area contributed by atoms with Gasteiger partial charge in [-0.05, 0) is 37.5 Å². The van der Waals surface area contributed by atoms with E-state index in [2.05, 4.69) is 30.9 Å². The highest BCUT2D eigenvalue weighted by atomic mass is 32.2. The maximum Gasteiger partial charge on any atom is 0.211 e. The first-order valence-corrected chi connectivity index (χ1v) is 10.1. The van der Waals surface area contributed by atoms with Crippen LogP contribution in [0.4, 0.5) is 5.13 Å². The van der Waals surface area contributed by atoms with Crippen molar-refractivity contribution in [2.24, 2.45) is 0 Å². The van der Waals surface area contributed by atoms with E-state index in [-0.39, 0.29) is 0 Å². The smallest absolute Gasteiger partial charge is 0.211 e. The average Bonchev–Trinajstić information content (AvgIpc) is 2.68. The van der Waals surface area contributed by atoms with Gasteiger partial charge in [-0.3, -0.25) is 0 Å². The molecule has 7 heteroatoms. The Morgan fingerprint density at radius 2 is 1.91 bits per heavy atom. The van der Waals surface area contributed by atoms with Gasteiger partial charge in [-0.1, -0.05) is 17.4 Å². The minimum absolute atomic E-state index is 0.534. The predicted molar refractivity (Wildman–Crippen MR) is 92.3 cm³/mol. The summed E-state index contributed by atoms with van der Waals surface area (Å²) >= 11 is 1.70. The van der Waals surface area contributed by atoms with Crippen molar-refractivity contribution in [1.29, 1.82) is 0 Å². The summed E-state index contributed by atoms with van der Waals surface area (Å²) in [7, 11) is -3.10. The minimum Gasteiger partial charge on any atom is -0.347 e. The largest absolute Gasteiger partial charge is 0.347 e. The van der Waals surface area contributed by atoms with Crippen molar-refractivity contribution in [2.45, 2.75) is 20.3 Å². The van der Waals surface area contributed by atoms with Crippen molar-refractivity contribution in [2.75, 3.05) is 37.3 Å². The van der Waals surface area contributed by atoms with Gasteiger partial charge in [0.25, 0.3) is 0 Å². The first-order chi connectivity index (χ1) is 10.3. The molecule has 2 aromatic rings. The Kier molecular flexibility index (Phi) is 4.13. The molecule has 1 saturated heterocycles. The second kappa shape index (κ2) is 5.79. The number of hydrogen-bond acceptors (Lipinski definition) is 5. The summed E-state index contributed by atoms with van der Waals surface area (Å²) in [6.07, 6.45) is 2.12. The molecule has 0 bridgehead atoms. The van der Waals surface area contributed by atoms with E-state index < -0.39 is 10.0 Å². The van der Waals surface area contributed by atoms with E-state index in [9.17, 15) is 8.42 Å². The van der Waals surface area contributed by atoms with Crippen LogP contribution in [0.3, 0.4) is 0 Å². The van der Waals surface area contributed by atoms with Gasteiger partial charge in [-0.15, -0.1) is 0 Å². The van der Waals surface area contributed by atoms with Crippen molar-refractivity contribution in [3.8, 4) is 0 Å². The van der Waals surface area contributed by atoms with E-state index in [1.807, 2.05) is 0 Å². The van der Waals surface area contributed by atoms with Gasteiger partial charge in [-0.2, -0.15) is 0 Å². The molecule has 0 saturated carbocycles. The number of hydrogen-bond donors (Lipinski definition) is 0. The molecule has 1 aliphatic rings. The monoisotopic (exact) mass is 339 g/mol. The van der Waals surface area contributed by atoms with Gasteiger partial charge < -0.3 is 4.90 Å². The molecule has 0 aliphatic carbocycles. The number of nitrogens with zero attached hydrogens (tertiary/aromatic N) is 3. The first kappa shape index (κ1) is 15.7. The van der Waals surface area contributed by atoms with Crippen LogP contribution in [0.5, 0.6) is 0 Å². The van der Waals surface area contributed by atoms with Gasteiger partial charge in [0, 0.05) is 26.2 Å². The van der Waals surface area contributed by atoms with Crippen molar-refractivity contribution in [3.63, 3.8) is 0 Å². The number of benzene rings is 1. The Balaban J connectivity index is 1.87. The molecule has 1 fully saturated rings. The number of sulfonamides is 1. The Morgan fingerprint density at radius 3 is 2.64 bits per heavy atom. The van der Waals surface area contributed by atoms with Crippen LogP contribution in [-0.2, 0) is 10.0 Å². The summed E-state index contributed by atoms with van der Waals surface area (Å²) in [5, 5.41) is 0.999. The van der Waals surface area contributed by atoms with Crippen LogP contribution in [0.1, 0.15) is 17.5 Å². The van der Waals surface area contributed by atoms with Gasteiger partial charge >= 0.3 is 0 Å². The lowest BCUT2D eigenvalue weighted by Crippen LogP contribution is -2.34. The molecule has 1 aromatic heterocycles. The number of aromatic nitrogens is 1. The fourth-order valence-electron chi connectivity index (χ4n) is 2.91. The SMILES string of the molecule is Cc1cc(C)c2nc(N3CCCN(S(C)(=O)=O)CC3)sc2c1. The van der Waals surface area contributed by atoms with Crippen molar-refractivity contribution < 1.29 is 8.42 Å². The molecule has 120 valence electrons. The molecule has 0 unspecified atom stereocenters. The van der Waals surface area contributed by atoms with Gasteiger partial charge in [0.1, 0.15) is 0 Å². The summed E-state index contributed by atoms with van der Waals surface area (Å²) < 4.78 is 26.2. The highest BCUT2D eigenvalue weighted by Crippen LogP contribution is 2.32. The highest BCUT2D eigenvalue weighted by Gasteiger charge is 2.23. The Hall–Kier alpha value is -1.18. The zero-order chi connectivity index (χ0) is 15.9. The number of rotatable bonds is 2. The summed E-state index contributed by atoms with van der Waals surface area (Å²) in [4.78, 5) is 7.00. The molecule has 1 aromatic carbocycles. The third kappa shape index (κ3) is 3.11. The normalized spacial score (nSPS) is 17.9. The topological polar surface area (TPSA) is 53.5 Å². The van der Waals surface area contributed by atoms with E-state index in [0.717, 1.165) is 23.6 Å². The summed E-state index contributed by atoms with van der Waals surface area (Å²) in [6, 6.07) is 4.32. The lowest BCUT2D eigenvalue weighted by Gasteiger charge is -2.19. The van der Waals surface area contributed by atoms with Crippen LogP contribution in [0, 0.1) is 13.8 Å². The summed E-state index contributed by atoms with van der Waals surface area (Å²) in [6.45, 7) is 6.87. The second-order valence-electron chi connectivity index (χ2n) is 5.93. The standard InChI is InChI=1S/C15H21N3O2S2/c1-11-9-12(2)14-13(10-11)21-15(16-14)17-5-4-6-18(8-7-17)22(3,19)20/h9-10H,4-8H2,1-3H3. The van der Waals surface area contributed by atoms with Crippen molar-refractivity contribution >= 4 is 36.7 Å². The van der Waals surface area contributed by atoms with E-state index >= 15 is 0 Å². The Morgan fingerprint density at radius 1 is 1.14 bits per heavy atom. The van der Waals surface area contributed by atoms with Gasteiger partial charge in [0.2, 0.25) is 10.0 Å². The molecule has 5 nitrogen and oxygen atoms in total. The molecular weight excluding hydrogens is 318 g/mol. The van der Waals surface area contributed by atoms with Crippen LogP contribution < -0.4 is 4.90 Å². The van der Waals surface area contributed by atoms with Crippen molar-refractivity contribution in [1.82, 2.24) is 9.29 Å². The van der Waals surface area contributed by atoms with E-state index in [0.29, 0.717) is 19.6 Å². The summed E-state index contributed by atoms with van der Waals surface area (Å²) in [5.74, 6) is 0. The van der Waals surface area contributed by atoms with Crippen LogP contribution in [0.15, 0.2) is 12.1 Å². The second-order valence-corrected chi connectivity index (χ2v) is 8.92. The predicted octanol–water partition coefficient (Wildman–Crippen LogP) is 2.38. The quantitative estimate of drug-likeness (QED) is 0.843. The highest BCUT2D eigenvalue weighted by molar-refractivity contribution is 7.88. The van der Waals surface area contributed by atoms with Gasteiger partial charge in [0.05, 0.1) is 16.5 Å². The summed E-state index contributed by atoms with van der Waals surface area (Å²) in [5.41, 5.74) is 3.51. The molecule has 0 N–H and O–H groups in total. The zero-order valence-electron chi connectivity index (χ0n) is 13.2. The molecule has 1 aliphatic heterocycles. The molecule has 3 rings (SSSR count). The average molecular weight is 339 g/mol. The maximum atomic E-state index is 11.7. The lowest BCUT2D eigenvalue weighted by atomic mass is 10.1. The van der Waals surface area contributed by atoms with Crippen molar-refractivity contribution in [3.05, 3.63) is 23.3 Å². The van der Waals surface area contributed by atoms with Crippen LogP contribution in [0.2, 0.25) is 0 Å². The van der Waals surface area contributed by atoms with Gasteiger partial charge in [0.15, 0.2) is 5.13 Å². The third-order valence-corrected chi connectivity index (χ3v) is 6.38. The van der Waals surface area contributed by atoms with E-state index in [4.69, 9.17) is 4.98 Å². The molecule has 0 amide bonds. The molecule has 22 heavy (non-hydrogen) atoms. The first-order valence-electron chi connectivity index (χ1n) is 7.42. The van der Waals surface area contributed by atoms with Crippen LogP contribution >= 0.6 is 11.3 Å². The van der Waals surface area contributed by atoms with E-state index in [1.165, 1.54) is 22.1 Å². The minimum atomic E-state index is -3.10. The fourth-order valence-corrected chi connectivity index (χ4v) is 4.98. The number of aryl methyl sites for hydroxylation is 2. The lowest BCUT2D eigenvalue weighted by molar-refractivity contribution is 0.437. The van der Waals surface area contributed by atoms with Crippen LogP contribution in [-0.4, -0.2) is 50.1 Å². The fraction of sp³-hybridized carbons (Fsp3) is 0.533. The Bertz CT molecular complexity index is 798. The molecule has 0 radical (unpaired) electrons. The third-order valence-electron chi connectivity index (χ3n) is 4.01. The molecular formula is C15H21N3O2S2.